The predicted octanol–water partition coefficient (Wildman–Crippen LogP) is 0.518. The van der Waals surface area contributed by atoms with Crippen LogP contribution in [0.5, 0.6) is 0 Å². The zero-order valence-electron chi connectivity index (χ0n) is 7.35. The summed E-state index contributed by atoms with van der Waals surface area (Å²) in [5.74, 6) is -1.03. The standard InChI is InChI=1S/C8H7NO3S2/c1-2-9-7(12)6(14-8(9)13)3-5(11)4-10/h3-4H,2H2,1H3/b6-3-. The van der Waals surface area contributed by atoms with Crippen molar-refractivity contribution >= 4 is 46.3 Å². The Balaban J connectivity index is 2.91. The van der Waals surface area contributed by atoms with Gasteiger partial charge < -0.3 is 0 Å². The van der Waals surface area contributed by atoms with Crippen LogP contribution in [-0.4, -0.2) is 33.7 Å². The number of hydrogen-bond acceptors (Lipinski definition) is 5. The normalized spacial score (nSPS) is 19.2. The molecule has 1 amide bonds. The summed E-state index contributed by atoms with van der Waals surface area (Å²) in [6.45, 7) is 2.26. The SMILES string of the molecule is CCN1C(=O)/C(=C/C(=O)C=O)SC1=S. The monoisotopic (exact) mass is 229 g/mol. The fourth-order valence-electron chi connectivity index (χ4n) is 0.936. The molecular formula is C8H7NO3S2. The van der Waals surface area contributed by atoms with Crippen molar-refractivity contribution in [3.63, 3.8) is 0 Å². The van der Waals surface area contributed by atoms with Crippen molar-refractivity contribution in [2.24, 2.45) is 0 Å². The molecule has 1 saturated heterocycles. The van der Waals surface area contributed by atoms with Gasteiger partial charge in [0, 0.05) is 12.6 Å². The van der Waals surface area contributed by atoms with Gasteiger partial charge in [-0.2, -0.15) is 0 Å². The molecule has 0 atom stereocenters. The van der Waals surface area contributed by atoms with Crippen LogP contribution in [0.3, 0.4) is 0 Å². The summed E-state index contributed by atoms with van der Waals surface area (Å²) in [4.78, 5) is 33.9. The van der Waals surface area contributed by atoms with E-state index in [-0.39, 0.29) is 17.1 Å². The van der Waals surface area contributed by atoms with Gasteiger partial charge >= 0.3 is 0 Å². The molecule has 0 radical (unpaired) electrons. The van der Waals surface area contributed by atoms with Gasteiger partial charge in [-0.1, -0.05) is 24.0 Å². The predicted molar refractivity (Wildman–Crippen MR) is 56.7 cm³/mol. The molecule has 0 aromatic carbocycles. The van der Waals surface area contributed by atoms with Crippen LogP contribution in [0, 0.1) is 0 Å². The average molecular weight is 229 g/mol. The highest BCUT2D eigenvalue weighted by atomic mass is 32.2. The molecule has 1 fully saturated rings. The molecule has 14 heavy (non-hydrogen) atoms. The highest BCUT2D eigenvalue weighted by Crippen LogP contribution is 2.30. The van der Waals surface area contributed by atoms with Crippen molar-refractivity contribution in [2.45, 2.75) is 6.92 Å². The lowest BCUT2D eigenvalue weighted by molar-refractivity contribution is -0.127. The summed E-state index contributed by atoms with van der Waals surface area (Å²) in [5.41, 5.74) is 0. The molecule has 0 saturated carbocycles. The van der Waals surface area contributed by atoms with E-state index in [1.165, 1.54) is 4.90 Å². The first-order chi connectivity index (χ1) is 6.60. The van der Waals surface area contributed by atoms with Gasteiger partial charge in [0.15, 0.2) is 6.29 Å². The zero-order chi connectivity index (χ0) is 10.7. The van der Waals surface area contributed by atoms with Crippen LogP contribution in [0.15, 0.2) is 11.0 Å². The average Bonchev–Trinajstić information content (AvgIpc) is 2.42. The van der Waals surface area contributed by atoms with Crippen molar-refractivity contribution in [1.29, 1.82) is 0 Å². The van der Waals surface area contributed by atoms with Crippen LogP contribution >= 0.6 is 24.0 Å². The van der Waals surface area contributed by atoms with Crippen LogP contribution in [-0.2, 0) is 14.4 Å². The molecule has 4 nitrogen and oxygen atoms in total. The van der Waals surface area contributed by atoms with Crippen molar-refractivity contribution < 1.29 is 14.4 Å². The highest BCUT2D eigenvalue weighted by molar-refractivity contribution is 8.26. The summed E-state index contributed by atoms with van der Waals surface area (Å²) in [6, 6.07) is 0. The van der Waals surface area contributed by atoms with Crippen LogP contribution in [0.4, 0.5) is 0 Å². The van der Waals surface area contributed by atoms with E-state index in [9.17, 15) is 14.4 Å². The first-order valence-electron chi connectivity index (χ1n) is 3.84. The number of nitrogens with zero attached hydrogens (tertiary/aromatic N) is 1. The molecule has 1 aliphatic heterocycles. The molecule has 0 bridgehead atoms. The van der Waals surface area contributed by atoms with Crippen molar-refractivity contribution in [2.75, 3.05) is 6.54 Å². The molecule has 0 aliphatic carbocycles. The van der Waals surface area contributed by atoms with Gasteiger partial charge in [0.2, 0.25) is 5.78 Å². The van der Waals surface area contributed by atoms with E-state index in [1.807, 2.05) is 0 Å². The molecule has 6 heteroatoms. The van der Waals surface area contributed by atoms with Gasteiger partial charge in [0.05, 0.1) is 4.91 Å². The Hall–Kier alpha value is -1.01. The number of carbonyl (C=O) groups is 3. The molecule has 0 aromatic heterocycles. The van der Waals surface area contributed by atoms with E-state index in [4.69, 9.17) is 12.2 Å². The van der Waals surface area contributed by atoms with Crippen LogP contribution in [0.25, 0.3) is 0 Å². The molecule has 0 spiro atoms. The number of likely N-dealkylation sites (N-methyl/N-ethyl adjacent to an activating group) is 1. The number of aldehydes is 1. The van der Waals surface area contributed by atoms with Gasteiger partial charge in [0.25, 0.3) is 5.91 Å². The van der Waals surface area contributed by atoms with E-state index >= 15 is 0 Å². The Kier molecular flexibility index (Phi) is 3.54. The molecule has 1 heterocycles. The Morgan fingerprint density at radius 2 is 2.29 bits per heavy atom. The largest absolute Gasteiger partial charge is 0.294 e. The Morgan fingerprint density at radius 1 is 1.64 bits per heavy atom. The second-order valence-corrected chi connectivity index (χ2v) is 4.12. The zero-order valence-corrected chi connectivity index (χ0v) is 8.98. The molecule has 0 unspecified atom stereocenters. The third kappa shape index (κ3) is 2.08. The highest BCUT2D eigenvalue weighted by Gasteiger charge is 2.30. The van der Waals surface area contributed by atoms with E-state index in [2.05, 4.69) is 0 Å². The van der Waals surface area contributed by atoms with Gasteiger partial charge in [-0.25, -0.2) is 0 Å². The maximum Gasteiger partial charge on any atom is 0.266 e. The fourth-order valence-corrected chi connectivity index (χ4v) is 2.30. The molecule has 1 rings (SSSR count). The van der Waals surface area contributed by atoms with Crippen LogP contribution in [0.1, 0.15) is 6.92 Å². The Bertz CT molecular complexity index is 348. The van der Waals surface area contributed by atoms with E-state index in [1.54, 1.807) is 6.92 Å². The van der Waals surface area contributed by atoms with Crippen molar-refractivity contribution in [1.82, 2.24) is 4.90 Å². The lowest BCUT2D eigenvalue weighted by atomic mass is 10.3. The number of rotatable bonds is 3. The Labute approximate surface area is 90.3 Å². The summed E-state index contributed by atoms with van der Waals surface area (Å²) < 4.78 is 0.419. The number of ketones is 1. The van der Waals surface area contributed by atoms with E-state index in [0.29, 0.717) is 10.9 Å². The number of allylic oxidation sites excluding steroid dienone is 1. The number of thioether (sulfide) groups is 1. The minimum Gasteiger partial charge on any atom is -0.294 e. The van der Waals surface area contributed by atoms with Gasteiger partial charge in [-0.3, -0.25) is 19.3 Å². The minimum absolute atomic E-state index is 0.165. The van der Waals surface area contributed by atoms with Crippen LogP contribution in [0.2, 0.25) is 0 Å². The molecule has 0 aromatic rings. The molecule has 1 aliphatic rings. The Morgan fingerprint density at radius 3 is 2.71 bits per heavy atom. The summed E-state index contributed by atoms with van der Waals surface area (Å²) in [7, 11) is 0. The second-order valence-electron chi connectivity index (χ2n) is 2.45. The van der Waals surface area contributed by atoms with E-state index in [0.717, 1.165) is 17.8 Å². The number of hydrogen-bond donors (Lipinski definition) is 0. The smallest absolute Gasteiger partial charge is 0.266 e. The number of carbonyl (C=O) groups excluding carboxylic acids is 3. The summed E-state index contributed by atoms with van der Waals surface area (Å²) in [5, 5.41) is 0. The quantitative estimate of drug-likeness (QED) is 0.305. The molecule has 0 N–H and O–H groups in total. The summed E-state index contributed by atoms with van der Waals surface area (Å²) >= 11 is 5.95. The second kappa shape index (κ2) is 4.47. The lowest BCUT2D eigenvalue weighted by Gasteiger charge is -2.09. The van der Waals surface area contributed by atoms with Crippen molar-refractivity contribution in [3.05, 3.63) is 11.0 Å². The van der Waals surface area contributed by atoms with Crippen molar-refractivity contribution in [3.8, 4) is 0 Å². The van der Waals surface area contributed by atoms with Gasteiger partial charge in [0.1, 0.15) is 4.32 Å². The van der Waals surface area contributed by atoms with E-state index < -0.39 is 5.78 Å². The lowest BCUT2D eigenvalue weighted by Crippen LogP contribution is -2.27. The fraction of sp³-hybridized carbons (Fsp3) is 0.250. The third-order valence-electron chi connectivity index (χ3n) is 1.58. The first kappa shape index (κ1) is 11.1. The van der Waals surface area contributed by atoms with Crippen LogP contribution < -0.4 is 0 Å². The maximum atomic E-state index is 11.5. The van der Waals surface area contributed by atoms with Gasteiger partial charge in [-0.15, -0.1) is 0 Å². The number of amides is 1. The van der Waals surface area contributed by atoms with Gasteiger partial charge in [-0.05, 0) is 6.92 Å². The minimum atomic E-state index is -0.721. The maximum absolute atomic E-state index is 11.5. The molecular weight excluding hydrogens is 222 g/mol. The molecule has 74 valence electrons. The number of thiocarbonyl (C=S) groups is 1. The first-order valence-corrected chi connectivity index (χ1v) is 5.07. The summed E-state index contributed by atoms with van der Waals surface area (Å²) in [6.07, 6.45) is 1.18. The third-order valence-corrected chi connectivity index (χ3v) is 2.96. The topological polar surface area (TPSA) is 54.5 Å².